The van der Waals surface area contributed by atoms with Crippen LogP contribution in [0.4, 0.5) is 0 Å². The first-order chi connectivity index (χ1) is 8.10. The van der Waals surface area contributed by atoms with Crippen molar-refractivity contribution in [2.75, 3.05) is 12.3 Å². The van der Waals surface area contributed by atoms with E-state index in [9.17, 15) is 4.79 Å². The van der Waals surface area contributed by atoms with Gasteiger partial charge in [-0.3, -0.25) is 4.79 Å². The molecule has 0 aromatic heterocycles. The third kappa shape index (κ3) is 3.09. The molecule has 1 heterocycles. The van der Waals surface area contributed by atoms with Gasteiger partial charge >= 0.3 is 0 Å². The minimum absolute atomic E-state index is 0.176. The molecule has 1 fully saturated rings. The number of amides is 1. The standard InChI is InChI=1S/C12H13Cl2NOS/c13-10-2-1-9(11(14)4-10)6-15-5-8(7-17)3-12(15)16/h1-2,4,8,17H,3,5-7H2. The van der Waals surface area contributed by atoms with Crippen LogP contribution in [0.1, 0.15) is 12.0 Å². The summed E-state index contributed by atoms with van der Waals surface area (Å²) in [5.74, 6) is 1.28. The molecule has 1 aliphatic heterocycles. The molecule has 1 atom stereocenters. The lowest BCUT2D eigenvalue weighted by atomic mass is 10.1. The van der Waals surface area contributed by atoms with Crippen molar-refractivity contribution >= 4 is 41.7 Å². The third-order valence-corrected chi connectivity index (χ3v) is 4.03. The summed E-state index contributed by atoms with van der Waals surface area (Å²) in [6.45, 7) is 1.32. The Kier molecular flexibility index (Phi) is 4.23. The highest BCUT2D eigenvalue weighted by Crippen LogP contribution is 2.26. The first kappa shape index (κ1) is 13.1. The SMILES string of the molecule is O=C1CC(CS)CN1Cc1ccc(Cl)cc1Cl. The molecule has 0 spiro atoms. The highest BCUT2D eigenvalue weighted by molar-refractivity contribution is 7.80. The lowest BCUT2D eigenvalue weighted by Gasteiger charge is -2.17. The Morgan fingerprint density at radius 2 is 2.18 bits per heavy atom. The molecule has 1 unspecified atom stereocenters. The van der Waals surface area contributed by atoms with Crippen LogP contribution in [0.3, 0.4) is 0 Å². The molecule has 1 aliphatic rings. The van der Waals surface area contributed by atoms with Crippen LogP contribution in [0.25, 0.3) is 0 Å². The van der Waals surface area contributed by atoms with Gasteiger partial charge in [0.1, 0.15) is 0 Å². The van der Waals surface area contributed by atoms with Crippen molar-refractivity contribution in [3.8, 4) is 0 Å². The van der Waals surface area contributed by atoms with Crippen molar-refractivity contribution in [2.45, 2.75) is 13.0 Å². The zero-order valence-electron chi connectivity index (χ0n) is 9.20. The summed E-state index contributed by atoms with van der Waals surface area (Å²) in [6, 6.07) is 5.36. The maximum absolute atomic E-state index is 11.7. The summed E-state index contributed by atoms with van der Waals surface area (Å²) in [4.78, 5) is 13.6. The Morgan fingerprint density at radius 3 is 2.76 bits per heavy atom. The highest BCUT2D eigenvalue weighted by Gasteiger charge is 2.28. The van der Waals surface area contributed by atoms with E-state index in [2.05, 4.69) is 12.6 Å². The van der Waals surface area contributed by atoms with Gasteiger partial charge in [-0.1, -0.05) is 29.3 Å². The maximum atomic E-state index is 11.7. The van der Waals surface area contributed by atoms with E-state index >= 15 is 0 Å². The first-order valence-electron chi connectivity index (χ1n) is 5.42. The van der Waals surface area contributed by atoms with Crippen LogP contribution in [-0.2, 0) is 11.3 Å². The Labute approximate surface area is 116 Å². The van der Waals surface area contributed by atoms with E-state index in [1.54, 1.807) is 12.1 Å². The smallest absolute Gasteiger partial charge is 0.223 e. The van der Waals surface area contributed by atoms with E-state index in [0.29, 0.717) is 28.9 Å². The molecule has 2 nitrogen and oxygen atoms in total. The molecular weight excluding hydrogens is 277 g/mol. The molecule has 1 amide bonds. The quantitative estimate of drug-likeness (QED) is 0.847. The summed E-state index contributed by atoms with van der Waals surface area (Å²) in [7, 11) is 0. The second-order valence-corrected chi connectivity index (χ2v) is 5.47. The van der Waals surface area contributed by atoms with Gasteiger partial charge < -0.3 is 4.90 Å². The summed E-state index contributed by atoms with van der Waals surface area (Å²) in [5, 5.41) is 1.22. The van der Waals surface area contributed by atoms with Gasteiger partial charge in [-0.2, -0.15) is 12.6 Å². The molecule has 0 bridgehead atoms. The molecule has 0 N–H and O–H groups in total. The second-order valence-electron chi connectivity index (χ2n) is 4.26. The Balaban J connectivity index is 2.08. The van der Waals surface area contributed by atoms with Crippen LogP contribution >= 0.6 is 35.8 Å². The number of thiol groups is 1. The topological polar surface area (TPSA) is 20.3 Å². The maximum Gasteiger partial charge on any atom is 0.223 e. The van der Waals surface area contributed by atoms with Gasteiger partial charge in [0.05, 0.1) is 0 Å². The van der Waals surface area contributed by atoms with Crippen LogP contribution in [0.15, 0.2) is 18.2 Å². The molecule has 92 valence electrons. The number of hydrogen-bond donors (Lipinski definition) is 1. The summed E-state index contributed by atoms with van der Waals surface area (Å²) < 4.78 is 0. The largest absolute Gasteiger partial charge is 0.338 e. The van der Waals surface area contributed by atoms with Crippen LogP contribution < -0.4 is 0 Å². The number of benzene rings is 1. The number of likely N-dealkylation sites (tertiary alicyclic amines) is 1. The van der Waals surface area contributed by atoms with Gasteiger partial charge in [0.15, 0.2) is 0 Å². The summed E-state index contributed by atoms with van der Waals surface area (Å²) in [6.07, 6.45) is 0.592. The summed E-state index contributed by atoms with van der Waals surface area (Å²) in [5.41, 5.74) is 0.934. The number of halogens is 2. The van der Waals surface area contributed by atoms with Crippen molar-refractivity contribution in [1.29, 1.82) is 0 Å². The van der Waals surface area contributed by atoms with Crippen molar-refractivity contribution in [3.63, 3.8) is 0 Å². The van der Waals surface area contributed by atoms with Crippen molar-refractivity contribution in [2.24, 2.45) is 5.92 Å². The highest BCUT2D eigenvalue weighted by atomic mass is 35.5. The Morgan fingerprint density at radius 1 is 1.41 bits per heavy atom. The molecule has 5 heteroatoms. The van der Waals surface area contributed by atoms with Crippen LogP contribution in [0.5, 0.6) is 0 Å². The van der Waals surface area contributed by atoms with Crippen LogP contribution in [-0.4, -0.2) is 23.1 Å². The fraction of sp³-hybridized carbons (Fsp3) is 0.417. The van der Waals surface area contributed by atoms with E-state index in [-0.39, 0.29) is 5.91 Å². The molecular formula is C12H13Cl2NOS. The van der Waals surface area contributed by atoms with Gasteiger partial charge in [0.25, 0.3) is 0 Å². The van der Waals surface area contributed by atoms with E-state index in [0.717, 1.165) is 17.9 Å². The fourth-order valence-corrected chi connectivity index (χ4v) is 2.70. The van der Waals surface area contributed by atoms with Crippen LogP contribution in [0.2, 0.25) is 10.0 Å². The Bertz CT molecular complexity index is 439. The molecule has 0 saturated carbocycles. The lowest BCUT2D eigenvalue weighted by Crippen LogP contribution is -2.24. The predicted octanol–water partition coefficient (Wildman–Crippen LogP) is 3.27. The minimum Gasteiger partial charge on any atom is -0.338 e. The first-order valence-corrected chi connectivity index (χ1v) is 6.81. The summed E-state index contributed by atoms with van der Waals surface area (Å²) >= 11 is 16.2. The van der Waals surface area contributed by atoms with Crippen molar-refractivity contribution in [3.05, 3.63) is 33.8 Å². The molecule has 17 heavy (non-hydrogen) atoms. The predicted molar refractivity (Wildman–Crippen MR) is 73.8 cm³/mol. The van der Waals surface area contributed by atoms with Gasteiger partial charge in [-0.05, 0) is 29.4 Å². The van der Waals surface area contributed by atoms with Gasteiger partial charge in [0, 0.05) is 29.6 Å². The number of carbonyl (C=O) groups excluding carboxylic acids is 1. The molecule has 0 aliphatic carbocycles. The van der Waals surface area contributed by atoms with Gasteiger partial charge in [0.2, 0.25) is 5.91 Å². The fourth-order valence-electron chi connectivity index (χ4n) is 1.98. The zero-order valence-corrected chi connectivity index (χ0v) is 11.6. The van der Waals surface area contributed by atoms with Crippen molar-refractivity contribution in [1.82, 2.24) is 4.90 Å². The molecule has 1 saturated heterocycles. The zero-order chi connectivity index (χ0) is 12.4. The third-order valence-electron chi connectivity index (χ3n) is 2.93. The number of rotatable bonds is 3. The number of nitrogens with zero attached hydrogens (tertiary/aromatic N) is 1. The molecule has 0 radical (unpaired) electrons. The monoisotopic (exact) mass is 289 g/mol. The van der Waals surface area contributed by atoms with E-state index in [4.69, 9.17) is 23.2 Å². The van der Waals surface area contributed by atoms with Gasteiger partial charge in [-0.15, -0.1) is 0 Å². The molecule has 1 aromatic carbocycles. The Hall–Kier alpha value is -0.380. The number of hydrogen-bond acceptors (Lipinski definition) is 2. The van der Waals surface area contributed by atoms with Gasteiger partial charge in [-0.25, -0.2) is 0 Å². The van der Waals surface area contributed by atoms with E-state index in [1.165, 1.54) is 0 Å². The average molecular weight is 290 g/mol. The van der Waals surface area contributed by atoms with E-state index < -0.39 is 0 Å². The molecule has 2 rings (SSSR count). The second kappa shape index (κ2) is 5.51. The van der Waals surface area contributed by atoms with Crippen molar-refractivity contribution < 1.29 is 4.79 Å². The average Bonchev–Trinajstić information content (AvgIpc) is 2.64. The normalized spacial score (nSPS) is 20.1. The van der Waals surface area contributed by atoms with E-state index in [1.807, 2.05) is 11.0 Å². The number of carbonyl (C=O) groups is 1. The lowest BCUT2D eigenvalue weighted by molar-refractivity contribution is -0.128. The minimum atomic E-state index is 0.176. The molecule has 1 aromatic rings. The van der Waals surface area contributed by atoms with Crippen LogP contribution in [0, 0.1) is 5.92 Å².